The quantitative estimate of drug-likeness (QED) is 0.707. The maximum Gasteiger partial charge on any atom is 0.115 e. The van der Waals surface area contributed by atoms with E-state index in [0.717, 1.165) is 0 Å². The summed E-state index contributed by atoms with van der Waals surface area (Å²) in [4.78, 5) is 0. The summed E-state index contributed by atoms with van der Waals surface area (Å²) in [5.41, 5.74) is 0.682. The molecule has 0 fully saturated rings. The molecule has 1 rings (SSSR count). The van der Waals surface area contributed by atoms with E-state index in [1.165, 1.54) is 12.1 Å². The van der Waals surface area contributed by atoms with Crippen LogP contribution in [0.1, 0.15) is 17.7 Å². The van der Waals surface area contributed by atoms with Gasteiger partial charge in [-0.05, 0) is 35.7 Å². The highest BCUT2D eigenvalue weighted by atomic mass is 32.2. The minimum Gasteiger partial charge on any atom is -0.772 e. The van der Waals surface area contributed by atoms with Crippen molar-refractivity contribution in [3.63, 3.8) is 0 Å². The maximum atomic E-state index is 10.5. The third-order valence-electron chi connectivity index (χ3n) is 1.65. The third-order valence-corrected chi connectivity index (χ3v) is 2.50. The van der Waals surface area contributed by atoms with Gasteiger partial charge in [-0.2, -0.15) is 0 Å². The average molecular weight is 185 g/mol. The number of phenolic OH excluding ortho intramolecular Hbond substituents is 1. The van der Waals surface area contributed by atoms with Crippen molar-refractivity contribution in [3.05, 3.63) is 29.8 Å². The first-order valence-corrected chi connectivity index (χ1v) is 4.62. The SMILES string of the molecule is CC(c1ccc(O)cc1)S(=O)[O-]. The Hall–Kier alpha value is -0.870. The highest BCUT2D eigenvalue weighted by Crippen LogP contribution is 2.19. The first kappa shape index (κ1) is 9.22. The normalized spacial score (nSPS) is 15.5. The average Bonchev–Trinajstić information content (AvgIpc) is 2.04. The fourth-order valence-electron chi connectivity index (χ4n) is 0.856. The van der Waals surface area contributed by atoms with Crippen LogP contribution in [-0.4, -0.2) is 13.9 Å². The molecule has 12 heavy (non-hydrogen) atoms. The van der Waals surface area contributed by atoms with Crippen LogP contribution in [-0.2, 0) is 11.1 Å². The molecule has 0 aliphatic carbocycles. The number of hydrogen-bond donors (Lipinski definition) is 1. The second-order valence-electron chi connectivity index (χ2n) is 2.49. The molecule has 0 spiro atoms. The van der Waals surface area contributed by atoms with E-state index in [1.807, 2.05) is 0 Å². The Labute approximate surface area is 73.3 Å². The Morgan fingerprint density at radius 1 is 1.42 bits per heavy atom. The molecule has 0 bridgehead atoms. The van der Waals surface area contributed by atoms with Gasteiger partial charge in [-0.1, -0.05) is 12.1 Å². The van der Waals surface area contributed by atoms with Crippen LogP contribution in [0.2, 0.25) is 0 Å². The van der Waals surface area contributed by atoms with Crippen molar-refractivity contribution in [2.45, 2.75) is 12.2 Å². The standard InChI is InChI=1S/C8H10O3S/c1-6(12(10)11)7-2-4-8(9)5-3-7/h2-6,9H,1H3,(H,10,11)/p-1. The Morgan fingerprint density at radius 3 is 2.33 bits per heavy atom. The summed E-state index contributed by atoms with van der Waals surface area (Å²) in [7, 11) is 0. The summed E-state index contributed by atoms with van der Waals surface area (Å²) in [6.07, 6.45) is 0. The molecule has 0 radical (unpaired) electrons. The molecule has 0 amide bonds. The lowest BCUT2D eigenvalue weighted by atomic mass is 10.2. The van der Waals surface area contributed by atoms with Gasteiger partial charge in [0.15, 0.2) is 0 Å². The highest BCUT2D eigenvalue weighted by Gasteiger charge is 2.04. The Kier molecular flexibility index (Phi) is 2.83. The van der Waals surface area contributed by atoms with Crippen LogP contribution in [0.25, 0.3) is 0 Å². The molecular weight excluding hydrogens is 176 g/mol. The van der Waals surface area contributed by atoms with E-state index in [-0.39, 0.29) is 5.75 Å². The summed E-state index contributed by atoms with van der Waals surface area (Å²) in [6, 6.07) is 6.13. The molecule has 1 aromatic carbocycles. The van der Waals surface area contributed by atoms with Crippen molar-refractivity contribution in [2.24, 2.45) is 0 Å². The summed E-state index contributed by atoms with van der Waals surface area (Å²) < 4.78 is 21.0. The van der Waals surface area contributed by atoms with Crippen LogP contribution in [0, 0.1) is 0 Å². The molecular formula is C8H9O3S-. The van der Waals surface area contributed by atoms with Gasteiger partial charge in [0, 0.05) is 5.25 Å². The fraction of sp³-hybridized carbons (Fsp3) is 0.250. The van der Waals surface area contributed by atoms with E-state index in [9.17, 15) is 8.76 Å². The molecule has 0 aliphatic heterocycles. The third kappa shape index (κ3) is 2.06. The van der Waals surface area contributed by atoms with E-state index in [1.54, 1.807) is 19.1 Å². The molecule has 0 saturated carbocycles. The molecule has 0 aromatic heterocycles. The number of rotatable bonds is 2. The van der Waals surface area contributed by atoms with Crippen molar-refractivity contribution in [2.75, 3.05) is 0 Å². The monoisotopic (exact) mass is 185 g/mol. The first-order valence-electron chi connectivity index (χ1n) is 3.48. The molecule has 2 atom stereocenters. The van der Waals surface area contributed by atoms with Crippen LogP contribution < -0.4 is 0 Å². The van der Waals surface area contributed by atoms with Crippen molar-refractivity contribution in [1.29, 1.82) is 0 Å². The summed E-state index contributed by atoms with van der Waals surface area (Å²) in [5.74, 6) is 0.141. The zero-order valence-electron chi connectivity index (χ0n) is 6.56. The smallest absolute Gasteiger partial charge is 0.115 e. The number of aromatic hydroxyl groups is 1. The Bertz CT molecular complexity index is 281. The van der Waals surface area contributed by atoms with Gasteiger partial charge in [0.05, 0.1) is 0 Å². The van der Waals surface area contributed by atoms with Gasteiger partial charge in [0.1, 0.15) is 5.75 Å². The number of hydrogen-bond acceptors (Lipinski definition) is 3. The fourth-order valence-corrected chi connectivity index (χ4v) is 1.24. The summed E-state index contributed by atoms with van der Waals surface area (Å²) in [6.45, 7) is 1.59. The molecule has 0 heterocycles. The lowest BCUT2D eigenvalue weighted by molar-refractivity contribution is 0.475. The van der Waals surface area contributed by atoms with Gasteiger partial charge in [-0.3, -0.25) is 4.21 Å². The largest absolute Gasteiger partial charge is 0.772 e. The van der Waals surface area contributed by atoms with Crippen LogP contribution in [0.3, 0.4) is 0 Å². The zero-order valence-corrected chi connectivity index (χ0v) is 7.38. The van der Waals surface area contributed by atoms with Crippen molar-refractivity contribution in [3.8, 4) is 5.75 Å². The van der Waals surface area contributed by atoms with Gasteiger partial charge in [-0.25, -0.2) is 0 Å². The zero-order chi connectivity index (χ0) is 9.14. The van der Waals surface area contributed by atoms with Crippen molar-refractivity contribution >= 4 is 11.1 Å². The van der Waals surface area contributed by atoms with Crippen LogP contribution >= 0.6 is 0 Å². The summed E-state index contributed by atoms with van der Waals surface area (Å²) >= 11 is -2.10. The molecule has 1 N–H and O–H groups in total. The molecule has 0 saturated heterocycles. The van der Waals surface area contributed by atoms with Crippen molar-refractivity contribution < 1.29 is 13.9 Å². The van der Waals surface area contributed by atoms with Gasteiger partial charge < -0.3 is 9.66 Å². The highest BCUT2D eigenvalue weighted by molar-refractivity contribution is 7.79. The molecule has 1 aromatic rings. The summed E-state index contributed by atoms with van der Waals surface area (Å²) in [5, 5.41) is 8.40. The predicted molar refractivity (Wildman–Crippen MR) is 45.4 cm³/mol. The lowest BCUT2D eigenvalue weighted by Crippen LogP contribution is -2.00. The minimum atomic E-state index is -2.10. The van der Waals surface area contributed by atoms with E-state index >= 15 is 0 Å². The van der Waals surface area contributed by atoms with Crippen molar-refractivity contribution in [1.82, 2.24) is 0 Å². The van der Waals surface area contributed by atoms with Gasteiger partial charge in [0.2, 0.25) is 0 Å². The van der Waals surface area contributed by atoms with Crippen LogP contribution in [0.15, 0.2) is 24.3 Å². The molecule has 66 valence electrons. The van der Waals surface area contributed by atoms with E-state index < -0.39 is 16.3 Å². The van der Waals surface area contributed by atoms with Crippen LogP contribution in [0.4, 0.5) is 0 Å². The second kappa shape index (κ2) is 3.69. The molecule has 4 heteroatoms. The molecule has 3 nitrogen and oxygen atoms in total. The van der Waals surface area contributed by atoms with Gasteiger partial charge in [0.25, 0.3) is 0 Å². The number of phenols is 1. The lowest BCUT2D eigenvalue weighted by Gasteiger charge is -2.14. The van der Waals surface area contributed by atoms with E-state index in [0.29, 0.717) is 5.56 Å². The topological polar surface area (TPSA) is 60.4 Å². The number of benzene rings is 1. The minimum absolute atomic E-state index is 0.141. The Morgan fingerprint density at radius 2 is 1.92 bits per heavy atom. The molecule has 0 aliphatic rings. The van der Waals surface area contributed by atoms with E-state index in [2.05, 4.69) is 0 Å². The Balaban J connectivity index is 2.89. The van der Waals surface area contributed by atoms with E-state index in [4.69, 9.17) is 5.11 Å². The van der Waals surface area contributed by atoms with Gasteiger partial charge >= 0.3 is 0 Å². The second-order valence-corrected chi connectivity index (χ2v) is 3.72. The molecule has 2 unspecified atom stereocenters. The predicted octanol–water partition coefficient (Wildman–Crippen LogP) is 1.33. The maximum absolute atomic E-state index is 10.5. The van der Waals surface area contributed by atoms with Crippen LogP contribution in [0.5, 0.6) is 5.75 Å². The van der Waals surface area contributed by atoms with Gasteiger partial charge in [-0.15, -0.1) is 0 Å². The first-order chi connectivity index (χ1) is 5.61.